The monoisotopic (exact) mass is 200 g/mol. The van der Waals surface area contributed by atoms with Gasteiger partial charge in [0.25, 0.3) is 0 Å². The van der Waals surface area contributed by atoms with Crippen LogP contribution in [0.2, 0.25) is 0 Å². The number of rotatable bonds is 9. The standard InChI is InChI=1S/C13H28.CH4/c1-4-5-6-7-8-9-10-11-12-13(2)3;/h13H,4-12H2,1-3H3;1H4. The lowest BCUT2D eigenvalue weighted by atomic mass is 10.0. The quantitative estimate of drug-likeness (QED) is 0.412. The summed E-state index contributed by atoms with van der Waals surface area (Å²) in [7, 11) is 0. The highest BCUT2D eigenvalue weighted by Gasteiger charge is 1.94. The van der Waals surface area contributed by atoms with Gasteiger partial charge in [-0.05, 0) is 5.92 Å². The summed E-state index contributed by atoms with van der Waals surface area (Å²) in [5.41, 5.74) is 0. The Hall–Kier alpha value is 0. The second-order valence-electron chi connectivity index (χ2n) is 4.66. The van der Waals surface area contributed by atoms with Crippen LogP contribution >= 0.6 is 0 Å². The first-order chi connectivity index (χ1) is 6.27. The van der Waals surface area contributed by atoms with Crippen molar-refractivity contribution in [3.63, 3.8) is 0 Å². The molecule has 0 heterocycles. The van der Waals surface area contributed by atoms with Crippen molar-refractivity contribution in [1.29, 1.82) is 0 Å². The maximum Gasteiger partial charge on any atom is -0.0471 e. The summed E-state index contributed by atoms with van der Waals surface area (Å²) in [6, 6.07) is 0. The van der Waals surface area contributed by atoms with Gasteiger partial charge in [-0.15, -0.1) is 0 Å². The molecule has 0 amide bonds. The summed E-state index contributed by atoms with van der Waals surface area (Å²) in [6.07, 6.45) is 13.0. The van der Waals surface area contributed by atoms with Crippen molar-refractivity contribution in [2.75, 3.05) is 0 Å². The van der Waals surface area contributed by atoms with E-state index in [0.717, 1.165) is 5.92 Å². The van der Waals surface area contributed by atoms with Crippen molar-refractivity contribution in [2.45, 2.75) is 86.0 Å². The van der Waals surface area contributed by atoms with Crippen molar-refractivity contribution < 1.29 is 0 Å². The minimum atomic E-state index is 0. The van der Waals surface area contributed by atoms with Crippen LogP contribution in [0.15, 0.2) is 0 Å². The molecule has 0 nitrogen and oxygen atoms in total. The van der Waals surface area contributed by atoms with E-state index in [9.17, 15) is 0 Å². The topological polar surface area (TPSA) is 0 Å². The molecule has 0 aliphatic rings. The second-order valence-corrected chi connectivity index (χ2v) is 4.66. The van der Waals surface area contributed by atoms with Crippen molar-refractivity contribution in [3.05, 3.63) is 0 Å². The van der Waals surface area contributed by atoms with Gasteiger partial charge in [-0.25, -0.2) is 0 Å². The molecule has 0 N–H and O–H groups in total. The van der Waals surface area contributed by atoms with E-state index in [4.69, 9.17) is 0 Å². The molecule has 0 atom stereocenters. The minimum absolute atomic E-state index is 0. The third-order valence-electron chi connectivity index (χ3n) is 2.64. The highest BCUT2D eigenvalue weighted by Crippen LogP contribution is 2.12. The first kappa shape index (κ1) is 16.4. The Balaban J connectivity index is 0. The molecule has 0 aromatic carbocycles. The smallest absolute Gasteiger partial charge is 0.0471 e. The van der Waals surface area contributed by atoms with Crippen molar-refractivity contribution in [1.82, 2.24) is 0 Å². The molecule has 0 aliphatic carbocycles. The molecule has 0 saturated heterocycles. The highest BCUT2D eigenvalue weighted by molar-refractivity contribution is 4.48. The Labute approximate surface area is 92.5 Å². The van der Waals surface area contributed by atoms with Crippen LogP contribution in [0, 0.1) is 5.92 Å². The molecule has 0 aromatic heterocycles. The van der Waals surface area contributed by atoms with Gasteiger partial charge >= 0.3 is 0 Å². The van der Waals surface area contributed by atoms with Gasteiger partial charge in [0.2, 0.25) is 0 Å². The Bertz CT molecular complexity index is 84.0. The average molecular weight is 200 g/mol. The van der Waals surface area contributed by atoms with E-state index < -0.39 is 0 Å². The number of hydrogen-bond donors (Lipinski definition) is 0. The molecule has 0 radical (unpaired) electrons. The Kier molecular flexibility index (Phi) is 15.3. The van der Waals surface area contributed by atoms with Crippen LogP contribution in [0.1, 0.15) is 86.0 Å². The summed E-state index contributed by atoms with van der Waals surface area (Å²) >= 11 is 0. The first-order valence-electron chi connectivity index (χ1n) is 6.27. The van der Waals surface area contributed by atoms with E-state index >= 15 is 0 Å². The van der Waals surface area contributed by atoms with E-state index in [1.54, 1.807) is 0 Å². The molecule has 0 aromatic rings. The summed E-state index contributed by atoms with van der Waals surface area (Å²) in [5, 5.41) is 0. The minimum Gasteiger partial charge on any atom is -0.0776 e. The maximum atomic E-state index is 2.32. The predicted octanol–water partition coefficient (Wildman–Crippen LogP) is 5.81. The molecule has 0 fully saturated rings. The van der Waals surface area contributed by atoms with Gasteiger partial charge in [0.05, 0.1) is 0 Å². The van der Waals surface area contributed by atoms with Gasteiger partial charge in [-0.1, -0.05) is 86.0 Å². The molecule has 0 bridgehead atoms. The Morgan fingerprint density at radius 2 is 1.14 bits per heavy atom. The van der Waals surface area contributed by atoms with Crippen molar-refractivity contribution in [3.8, 4) is 0 Å². The van der Waals surface area contributed by atoms with Gasteiger partial charge in [0.1, 0.15) is 0 Å². The number of hydrogen-bond acceptors (Lipinski definition) is 0. The van der Waals surface area contributed by atoms with Gasteiger partial charge in [0, 0.05) is 0 Å². The van der Waals surface area contributed by atoms with Crippen LogP contribution in [0.5, 0.6) is 0 Å². The highest BCUT2D eigenvalue weighted by atomic mass is 14.0. The third kappa shape index (κ3) is 14.5. The van der Waals surface area contributed by atoms with Gasteiger partial charge in [-0.2, -0.15) is 0 Å². The van der Waals surface area contributed by atoms with Crippen LogP contribution < -0.4 is 0 Å². The zero-order chi connectivity index (χ0) is 9.94. The molecule has 0 spiro atoms. The molecule has 0 saturated carbocycles. The van der Waals surface area contributed by atoms with Crippen molar-refractivity contribution >= 4 is 0 Å². The first-order valence-corrected chi connectivity index (χ1v) is 6.27. The van der Waals surface area contributed by atoms with Crippen LogP contribution in [-0.2, 0) is 0 Å². The average Bonchev–Trinajstić information content (AvgIpc) is 2.09. The maximum absolute atomic E-state index is 2.32. The molecule has 14 heavy (non-hydrogen) atoms. The van der Waals surface area contributed by atoms with Gasteiger partial charge in [-0.3, -0.25) is 0 Å². The lowest BCUT2D eigenvalue weighted by molar-refractivity contribution is 0.508. The van der Waals surface area contributed by atoms with Gasteiger partial charge < -0.3 is 0 Å². The van der Waals surface area contributed by atoms with E-state index in [1.165, 1.54) is 57.8 Å². The lowest BCUT2D eigenvalue weighted by Crippen LogP contribution is -1.87. The normalized spacial score (nSPS) is 10.3. The molecular formula is C14H32. The SMILES string of the molecule is C.CCCCCCCCCCC(C)C. The van der Waals surface area contributed by atoms with Crippen LogP contribution in [0.4, 0.5) is 0 Å². The van der Waals surface area contributed by atoms with Gasteiger partial charge in [0.15, 0.2) is 0 Å². The fraction of sp³-hybridized carbons (Fsp3) is 1.00. The summed E-state index contributed by atoms with van der Waals surface area (Å²) in [5.74, 6) is 0.903. The predicted molar refractivity (Wildman–Crippen MR) is 68.8 cm³/mol. The molecule has 0 aliphatic heterocycles. The van der Waals surface area contributed by atoms with Crippen LogP contribution in [-0.4, -0.2) is 0 Å². The van der Waals surface area contributed by atoms with E-state index in [0.29, 0.717) is 0 Å². The molecule has 0 rings (SSSR count). The fourth-order valence-electron chi connectivity index (χ4n) is 1.69. The Morgan fingerprint density at radius 1 is 0.714 bits per heavy atom. The van der Waals surface area contributed by atoms with Crippen LogP contribution in [0.3, 0.4) is 0 Å². The van der Waals surface area contributed by atoms with E-state index in [2.05, 4.69) is 20.8 Å². The fourth-order valence-corrected chi connectivity index (χ4v) is 1.69. The zero-order valence-electron chi connectivity index (χ0n) is 9.94. The van der Waals surface area contributed by atoms with E-state index in [1.807, 2.05) is 0 Å². The zero-order valence-corrected chi connectivity index (χ0v) is 9.94. The summed E-state index contributed by atoms with van der Waals surface area (Å²) < 4.78 is 0. The number of unbranched alkanes of at least 4 members (excludes halogenated alkanes) is 7. The molecular weight excluding hydrogens is 168 g/mol. The molecule has 0 unspecified atom stereocenters. The largest absolute Gasteiger partial charge is 0.0776 e. The molecule has 0 heteroatoms. The van der Waals surface area contributed by atoms with Crippen LogP contribution in [0.25, 0.3) is 0 Å². The lowest BCUT2D eigenvalue weighted by Gasteiger charge is -2.03. The summed E-state index contributed by atoms with van der Waals surface area (Å²) in [4.78, 5) is 0. The molecule has 88 valence electrons. The Morgan fingerprint density at radius 3 is 1.57 bits per heavy atom. The van der Waals surface area contributed by atoms with Crippen molar-refractivity contribution in [2.24, 2.45) is 5.92 Å². The van der Waals surface area contributed by atoms with E-state index in [-0.39, 0.29) is 7.43 Å². The third-order valence-corrected chi connectivity index (χ3v) is 2.64. The second kappa shape index (κ2) is 13.0. The summed E-state index contributed by atoms with van der Waals surface area (Å²) in [6.45, 7) is 6.92.